The van der Waals surface area contributed by atoms with Gasteiger partial charge in [0, 0.05) is 6.54 Å². The van der Waals surface area contributed by atoms with E-state index in [0.29, 0.717) is 12.6 Å². The third kappa shape index (κ3) is 6.75. The molecule has 1 heterocycles. The predicted molar refractivity (Wildman–Crippen MR) is 92.5 cm³/mol. The number of halogens is 4. The Morgan fingerprint density at radius 1 is 1.31 bits per heavy atom. The number of amides is 1. The van der Waals surface area contributed by atoms with E-state index in [9.17, 15) is 26.4 Å². The first-order chi connectivity index (χ1) is 11.7. The third-order valence-electron chi connectivity index (χ3n) is 3.88. The zero-order valence-corrected chi connectivity index (χ0v) is 15.4. The van der Waals surface area contributed by atoms with Crippen molar-refractivity contribution < 1.29 is 26.4 Å². The van der Waals surface area contributed by atoms with Crippen LogP contribution in [0.2, 0.25) is 0 Å². The minimum absolute atomic E-state index is 0. The fraction of sp³-hybridized carbons (Fsp3) is 0.533. The molecule has 0 radical (unpaired) electrons. The molecule has 26 heavy (non-hydrogen) atoms. The predicted octanol–water partition coefficient (Wildman–Crippen LogP) is 1.52. The summed E-state index contributed by atoms with van der Waals surface area (Å²) in [6, 6.07) is 3.37. The number of nitrogens with one attached hydrogen (secondary N) is 3. The van der Waals surface area contributed by atoms with Gasteiger partial charge in [0.2, 0.25) is 15.9 Å². The molecule has 1 aliphatic rings. The van der Waals surface area contributed by atoms with E-state index < -0.39 is 39.1 Å². The minimum Gasteiger partial charge on any atom is -0.355 e. The molecule has 11 heteroatoms. The van der Waals surface area contributed by atoms with Crippen LogP contribution in [0.3, 0.4) is 0 Å². The summed E-state index contributed by atoms with van der Waals surface area (Å²) in [4.78, 5) is 11.2. The zero-order valence-electron chi connectivity index (χ0n) is 13.8. The van der Waals surface area contributed by atoms with E-state index in [2.05, 4.69) is 10.6 Å². The Kier molecular flexibility index (Phi) is 8.32. The molecule has 6 nitrogen and oxygen atoms in total. The maximum atomic E-state index is 12.7. The van der Waals surface area contributed by atoms with Gasteiger partial charge in [-0.05, 0) is 50.0 Å². The largest absolute Gasteiger partial charge is 0.416 e. The van der Waals surface area contributed by atoms with Crippen molar-refractivity contribution in [2.75, 3.05) is 26.2 Å². The van der Waals surface area contributed by atoms with Crippen LogP contribution in [0, 0.1) is 5.92 Å². The Hall–Kier alpha value is -1.36. The van der Waals surface area contributed by atoms with Crippen molar-refractivity contribution in [3.63, 3.8) is 0 Å². The molecule has 2 rings (SSSR count). The number of alkyl halides is 3. The van der Waals surface area contributed by atoms with Gasteiger partial charge in [0.05, 0.1) is 17.0 Å². The van der Waals surface area contributed by atoms with Crippen LogP contribution in [0.25, 0.3) is 0 Å². The molecule has 148 valence electrons. The first kappa shape index (κ1) is 22.7. The van der Waals surface area contributed by atoms with Crippen LogP contribution in [0.5, 0.6) is 0 Å². The molecule has 0 aromatic heterocycles. The average Bonchev–Trinajstić information content (AvgIpc) is 2.58. The van der Waals surface area contributed by atoms with E-state index in [1.165, 1.54) is 0 Å². The Balaban J connectivity index is 0.00000338. The average molecular weight is 416 g/mol. The van der Waals surface area contributed by atoms with Crippen LogP contribution in [0.15, 0.2) is 29.2 Å². The SMILES string of the molecule is Cl.O=C(CNS(=O)(=O)c1cccc(C(F)(F)F)c1)NCC1CCCNC1. The normalized spacial score (nSPS) is 18.0. The standard InChI is InChI=1S/C15H20F3N3O3S.ClH/c16-15(17,18)12-4-1-5-13(7-12)25(23,24)21-10-14(22)20-9-11-3-2-6-19-8-11;/h1,4-5,7,11,19,21H,2-3,6,8-10H2,(H,20,22);1H. The number of carbonyl (C=O) groups is 1. The van der Waals surface area contributed by atoms with Crippen LogP contribution in [0.4, 0.5) is 13.2 Å². The van der Waals surface area contributed by atoms with Crippen LogP contribution in [-0.4, -0.2) is 40.5 Å². The Morgan fingerprint density at radius 3 is 2.65 bits per heavy atom. The first-order valence-electron chi connectivity index (χ1n) is 7.83. The number of benzene rings is 1. The van der Waals surface area contributed by atoms with Gasteiger partial charge >= 0.3 is 6.18 Å². The first-order valence-corrected chi connectivity index (χ1v) is 9.31. The Labute approximate surface area is 156 Å². The zero-order chi connectivity index (χ0) is 18.5. The van der Waals surface area contributed by atoms with Crippen molar-refractivity contribution in [2.24, 2.45) is 5.92 Å². The number of rotatable bonds is 6. The molecule has 0 bridgehead atoms. The lowest BCUT2D eigenvalue weighted by Crippen LogP contribution is -2.42. The maximum Gasteiger partial charge on any atom is 0.416 e. The Morgan fingerprint density at radius 2 is 2.04 bits per heavy atom. The molecule has 0 saturated carbocycles. The van der Waals surface area contributed by atoms with E-state index in [1.807, 2.05) is 4.72 Å². The minimum atomic E-state index is -4.64. The topological polar surface area (TPSA) is 87.3 Å². The molecule has 3 N–H and O–H groups in total. The van der Waals surface area contributed by atoms with Crippen LogP contribution >= 0.6 is 12.4 Å². The van der Waals surface area contributed by atoms with Crippen molar-refractivity contribution in [3.8, 4) is 0 Å². The van der Waals surface area contributed by atoms with E-state index in [4.69, 9.17) is 0 Å². The van der Waals surface area contributed by atoms with Gasteiger partial charge in [-0.3, -0.25) is 4.79 Å². The lowest BCUT2D eigenvalue weighted by atomic mass is 10.00. The highest BCUT2D eigenvalue weighted by Gasteiger charge is 2.31. The van der Waals surface area contributed by atoms with Gasteiger partial charge in [-0.25, -0.2) is 13.1 Å². The number of hydrogen-bond acceptors (Lipinski definition) is 4. The van der Waals surface area contributed by atoms with Gasteiger partial charge in [-0.15, -0.1) is 12.4 Å². The van der Waals surface area contributed by atoms with Crippen molar-refractivity contribution >= 4 is 28.3 Å². The Bertz CT molecular complexity index is 708. The van der Waals surface area contributed by atoms with Crippen molar-refractivity contribution in [3.05, 3.63) is 29.8 Å². The van der Waals surface area contributed by atoms with Gasteiger partial charge in [0.15, 0.2) is 0 Å². The van der Waals surface area contributed by atoms with E-state index in [0.717, 1.165) is 44.1 Å². The monoisotopic (exact) mass is 415 g/mol. The van der Waals surface area contributed by atoms with E-state index >= 15 is 0 Å². The summed E-state index contributed by atoms with van der Waals surface area (Å²) < 4.78 is 64.1. The maximum absolute atomic E-state index is 12.7. The fourth-order valence-corrected chi connectivity index (χ4v) is 3.53. The summed E-state index contributed by atoms with van der Waals surface area (Å²) in [5, 5.41) is 5.83. The second kappa shape index (κ2) is 9.54. The lowest BCUT2D eigenvalue weighted by molar-refractivity contribution is -0.137. The summed E-state index contributed by atoms with van der Waals surface area (Å²) in [6.07, 6.45) is -2.65. The molecule has 1 aromatic rings. The third-order valence-corrected chi connectivity index (χ3v) is 5.28. The van der Waals surface area contributed by atoms with E-state index in [-0.39, 0.29) is 18.3 Å². The van der Waals surface area contributed by atoms with Gasteiger partial charge in [0.1, 0.15) is 0 Å². The molecule has 1 saturated heterocycles. The molecule has 1 aromatic carbocycles. The van der Waals surface area contributed by atoms with Crippen LogP contribution in [0.1, 0.15) is 18.4 Å². The second-order valence-electron chi connectivity index (χ2n) is 5.87. The summed E-state index contributed by atoms with van der Waals surface area (Å²) in [7, 11) is -4.20. The number of sulfonamides is 1. The van der Waals surface area contributed by atoms with Crippen LogP contribution < -0.4 is 15.4 Å². The summed E-state index contributed by atoms with van der Waals surface area (Å²) in [5.41, 5.74) is -1.07. The van der Waals surface area contributed by atoms with Crippen molar-refractivity contribution in [1.82, 2.24) is 15.4 Å². The molecular formula is C15H21ClF3N3O3S. The van der Waals surface area contributed by atoms with Crippen molar-refractivity contribution in [1.29, 1.82) is 0 Å². The highest BCUT2D eigenvalue weighted by atomic mass is 35.5. The molecule has 0 aliphatic carbocycles. The number of piperidine rings is 1. The highest BCUT2D eigenvalue weighted by molar-refractivity contribution is 7.89. The second-order valence-corrected chi connectivity index (χ2v) is 7.63. The fourth-order valence-electron chi connectivity index (χ4n) is 2.50. The van der Waals surface area contributed by atoms with Gasteiger partial charge in [0.25, 0.3) is 0 Å². The lowest BCUT2D eigenvalue weighted by Gasteiger charge is -2.22. The summed E-state index contributed by atoms with van der Waals surface area (Å²) in [5.74, 6) is -0.237. The molecule has 1 amide bonds. The van der Waals surface area contributed by atoms with Gasteiger partial charge < -0.3 is 10.6 Å². The molecule has 1 atom stereocenters. The van der Waals surface area contributed by atoms with Crippen LogP contribution in [-0.2, 0) is 21.0 Å². The molecule has 1 aliphatic heterocycles. The smallest absolute Gasteiger partial charge is 0.355 e. The highest BCUT2D eigenvalue weighted by Crippen LogP contribution is 2.30. The number of carbonyl (C=O) groups excluding carboxylic acids is 1. The summed E-state index contributed by atoms with van der Waals surface area (Å²) >= 11 is 0. The number of hydrogen-bond donors (Lipinski definition) is 3. The molecule has 0 spiro atoms. The summed E-state index contributed by atoms with van der Waals surface area (Å²) in [6.45, 7) is 1.63. The van der Waals surface area contributed by atoms with Gasteiger partial charge in [-0.1, -0.05) is 6.07 Å². The molecule has 1 unspecified atom stereocenters. The van der Waals surface area contributed by atoms with Crippen molar-refractivity contribution in [2.45, 2.75) is 23.9 Å². The quantitative estimate of drug-likeness (QED) is 0.657. The molecule has 1 fully saturated rings. The van der Waals surface area contributed by atoms with E-state index in [1.54, 1.807) is 0 Å². The van der Waals surface area contributed by atoms with Gasteiger partial charge in [-0.2, -0.15) is 13.2 Å². The molecular weight excluding hydrogens is 395 g/mol.